The third-order valence-electron chi connectivity index (χ3n) is 3.37. The lowest BCUT2D eigenvalue weighted by atomic mass is 10.2. The average Bonchev–Trinajstić information content (AvgIpc) is 3.09. The standard InChI is InChI=1S/C18H16N4O3S/c1-12-2-4-13(5-3-12)21-16(23)8-17-22-14(11-26-17)10-25-18(24)15-9-19-6-7-20-15/h2-7,9,11H,8,10H2,1H3,(H,21,23). The number of ether oxygens (including phenoxy) is 1. The van der Waals surface area contributed by atoms with Gasteiger partial charge in [-0.05, 0) is 19.1 Å². The van der Waals surface area contributed by atoms with Crippen molar-refractivity contribution in [3.63, 3.8) is 0 Å². The lowest BCUT2D eigenvalue weighted by Crippen LogP contribution is -2.14. The third-order valence-corrected chi connectivity index (χ3v) is 4.27. The smallest absolute Gasteiger partial charge is 0.358 e. The maximum atomic E-state index is 12.1. The fraction of sp³-hybridized carbons (Fsp3) is 0.167. The molecule has 1 N–H and O–H groups in total. The van der Waals surface area contributed by atoms with E-state index in [9.17, 15) is 9.59 Å². The van der Waals surface area contributed by atoms with Crippen LogP contribution < -0.4 is 5.32 Å². The van der Waals surface area contributed by atoms with E-state index in [0.717, 1.165) is 11.3 Å². The van der Waals surface area contributed by atoms with Crippen LogP contribution in [-0.2, 0) is 22.6 Å². The van der Waals surface area contributed by atoms with Crippen molar-refractivity contribution in [2.45, 2.75) is 20.0 Å². The fourth-order valence-corrected chi connectivity index (χ4v) is 2.87. The molecular formula is C18H16N4O3S. The van der Waals surface area contributed by atoms with Crippen LogP contribution in [0.4, 0.5) is 5.69 Å². The van der Waals surface area contributed by atoms with Gasteiger partial charge in [0.25, 0.3) is 0 Å². The Labute approximate surface area is 154 Å². The van der Waals surface area contributed by atoms with E-state index in [-0.39, 0.29) is 24.6 Å². The number of carbonyl (C=O) groups is 2. The Morgan fingerprint density at radius 3 is 2.73 bits per heavy atom. The van der Waals surface area contributed by atoms with E-state index in [1.807, 2.05) is 31.2 Å². The number of benzene rings is 1. The van der Waals surface area contributed by atoms with Crippen LogP contribution in [0.5, 0.6) is 0 Å². The number of aryl methyl sites for hydroxylation is 1. The van der Waals surface area contributed by atoms with Crippen LogP contribution in [0.1, 0.15) is 26.8 Å². The summed E-state index contributed by atoms with van der Waals surface area (Å²) in [5.74, 6) is -0.712. The number of amides is 1. The van der Waals surface area contributed by atoms with Gasteiger partial charge in [-0.2, -0.15) is 0 Å². The van der Waals surface area contributed by atoms with Crippen LogP contribution in [0, 0.1) is 6.92 Å². The summed E-state index contributed by atoms with van der Waals surface area (Å²) in [7, 11) is 0. The molecule has 0 saturated carbocycles. The van der Waals surface area contributed by atoms with E-state index in [2.05, 4.69) is 20.3 Å². The Morgan fingerprint density at radius 2 is 2.00 bits per heavy atom. The van der Waals surface area contributed by atoms with Gasteiger partial charge in [-0.3, -0.25) is 9.78 Å². The number of nitrogens with one attached hydrogen (secondary N) is 1. The highest BCUT2D eigenvalue weighted by Crippen LogP contribution is 2.14. The van der Waals surface area contributed by atoms with Crippen molar-refractivity contribution in [1.82, 2.24) is 15.0 Å². The first-order chi connectivity index (χ1) is 12.6. The Morgan fingerprint density at radius 1 is 1.19 bits per heavy atom. The Balaban J connectivity index is 1.50. The second-order valence-electron chi connectivity index (χ2n) is 5.49. The zero-order valence-electron chi connectivity index (χ0n) is 14.0. The van der Waals surface area contributed by atoms with Crippen LogP contribution in [0.3, 0.4) is 0 Å². The predicted octanol–water partition coefficient (Wildman–Crippen LogP) is 2.78. The number of rotatable bonds is 6. The highest BCUT2D eigenvalue weighted by Gasteiger charge is 2.12. The normalized spacial score (nSPS) is 10.3. The number of carbonyl (C=O) groups excluding carboxylic acids is 2. The van der Waals surface area contributed by atoms with Gasteiger partial charge in [-0.25, -0.2) is 14.8 Å². The van der Waals surface area contributed by atoms with Crippen molar-refractivity contribution in [2.75, 3.05) is 5.32 Å². The molecule has 8 heteroatoms. The maximum Gasteiger partial charge on any atom is 0.358 e. The zero-order valence-corrected chi connectivity index (χ0v) is 14.8. The van der Waals surface area contributed by atoms with E-state index in [4.69, 9.17) is 4.74 Å². The van der Waals surface area contributed by atoms with E-state index >= 15 is 0 Å². The second kappa shape index (κ2) is 8.30. The first-order valence-electron chi connectivity index (χ1n) is 7.83. The van der Waals surface area contributed by atoms with Gasteiger partial charge in [0, 0.05) is 23.5 Å². The van der Waals surface area contributed by atoms with Crippen LogP contribution >= 0.6 is 11.3 Å². The number of aromatic nitrogens is 3. The molecule has 2 heterocycles. The summed E-state index contributed by atoms with van der Waals surface area (Å²) in [6, 6.07) is 7.57. The van der Waals surface area contributed by atoms with Gasteiger partial charge >= 0.3 is 5.97 Å². The number of hydrogen-bond donors (Lipinski definition) is 1. The minimum absolute atomic E-state index is 0.0193. The van der Waals surface area contributed by atoms with Gasteiger partial charge in [-0.1, -0.05) is 17.7 Å². The monoisotopic (exact) mass is 368 g/mol. The highest BCUT2D eigenvalue weighted by molar-refractivity contribution is 7.09. The zero-order chi connectivity index (χ0) is 18.4. The van der Waals surface area contributed by atoms with Crippen molar-refractivity contribution in [3.8, 4) is 0 Å². The Kier molecular flexibility index (Phi) is 5.65. The maximum absolute atomic E-state index is 12.1. The summed E-state index contributed by atoms with van der Waals surface area (Å²) < 4.78 is 5.14. The van der Waals surface area contributed by atoms with Crippen LogP contribution in [0.2, 0.25) is 0 Å². The van der Waals surface area contributed by atoms with Crippen molar-refractivity contribution in [1.29, 1.82) is 0 Å². The largest absolute Gasteiger partial charge is 0.454 e. The molecular weight excluding hydrogens is 352 g/mol. The number of hydrogen-bond acceptors (Lipinski definition) is 7. The average molecular weight is 368 g/mol. The summed E-state index contributed by atoms with van der Waals surface area (Å²) in [4.78, 5) is 35.9. The van der Waals surface area contributed by atoms with Crippen LogP contribution in [0.25, 0.3) is 0 Å². The second-order valence-corrected chi connectivity index (χ2v) is 6.43. The Hall–Kier alpha value is -3.13. The highest BCUT2D eigenvalue weighted by atomic mass is 32.1. The molecule has 2 aromatic heterocycles. The van der Waals surface area contributed by atoms with Crippen molar-refractivity contribution in [3.05, 3.63) is 70.2 Å². The topological polar surface area (TPSA) is 94.1 Å². The fourth-order valence-electron chi connectivity index (χ4n) is 2.09. The van der Waals surface area contributed by atoms with Gasteiger partial charge in [0.1, 0.15) is 11.6 Å². The van der Waals surface area contributed by atoms with Crippen LogP contribution in [-0.4, -0.2) is 26.8 Å². The molecule has 0 bridgehead atoms. The van der Waals surface area contributed by atoms with E-state index < -0.39 is 5.97 Å². The molecule has 0 unspecified atom stereocenters. The third kappa shape index (κ3) is 4.93. The molecule has 0 aliphatic heterocycles. The predicted molar refractivity (Wildman–Crippen MR) is 96.8 cm³/mol. The Bertz CT molecular complexity index is 894. The molecule has 0 saturated heterocycles. The summed E-state index contributed by atoms with van der Waals surface area (Å²) in [6.07, 6.45) is 4.40. The van der Waals surface area contributed by atoms with E-state index in [1.54, 1.807) is 5.38 Å². The van der Waals surface area contributed by atoms with E-state index in [0.29, 0.717) is 10.7 Å². The number of anilines is 1. The molecule has 1 amide bonds. The number of nitrogens with zero attached hydrogens (tertiary/aromatic N) is 3. The lowest BCUT2D eigenvalue weighted by Gasteiger charge is -2.04. The molecule has 26 heavy (non-hydrogen) atoms. The minimum atomic E-state index is -0.565. The van der Waals surface area contributed by atoms with E-state index in [1.165, 1.54) is 29.9 Å². The van der Waals surface area contributed by atoms with Gasteiger partial charge in [0.15, 0.2) is 5.69 Å². The van der Waals surface area contributed by atoms with Gasteiger partial charge in [0.05, 0.1) is 18.3 Å². The molecule has 0 fully saturated rings. The SMILES string of the molecule is Cc1ccc(NC(=O)Cc2nc(COC(=O)c3cnccn3)cs2)cc1. The quantitative estimate of drug-likeness (QED) is 0.673. The summed E-state index contributed by atoms with van der Waals surface area (Å²) >= 11 is 1.35. The number of thiazole rings is 1. The first-order valence-corrected chi connectivity index (χ1v) is 8.71. The molecule has 7 nitrogen and oxygen atoms in total. The first kappa shape index (κ1) is 17.7. The minimum Gasteiger partial charge on any atom is -0.454 e. The molecule has 0 aliphatic carbocycles. The molecule has 3 rings (SSSR count). The molecule has 132 valence electrons. The van der Waals surface area contributed by atoms with Crippen LogP contribution in [0.15, 0.2) is 48.2 Å². The summed E-state index contributed by atoms with van der Waals surface area (Å²) in [5, 5.41) is 5.24. The molecule has 0 atom stereocenters. The van der Waals surface area contributed by atoms with Crippen molar-refractivity contribution >= 4 is 28.9 Å². The molecule has 3 aromatic rings. The molecule has 0 aliphatic rings. The number of esters is 1. The summed E-state index contributed by atoms with van der Waals surface area (Å²) in [6.45, 7) is 2.01. The van der Waals surface area contributed by atoms with Gasteiger partial charge in [-0.15, -0.1) is 11.3 Å². The van der Waals surface area contributed by atoms with Crippen molar-refractivity contribution < 1.29 is 14.3 Å². The molecule has 0 spiro atoms. The molecule has 0 radical (unpaired) electrons. The lowest BCUT2D eigenvalue weighted by molar-refractivity contribution is -0.115. The molecule has 1 aromatic carbocycles. The summed E-state index contributed by atoms with van der Waals surface area (Å²) in [5.41, 5.74) is 2.60. The van der Waals surface area contributed by atoms with Crippen molar-refractivity contribution in [2.24, 2.45) is 0 Å². The van der Waals surface area contributed by atoms with Gasteiger partial charge < -0.3 is 10.1 Å². The van der Waals surface area contributed by atoms with Gasteiger partial charge in [0.2, 0.25) is 5.91 Å².